The summed E-state index contributed by atoms with van der Waals surface area (Å²) >= 11 is 0. The average molecular weight is 409 g/mol. The van der Waals surface area contributed by atoms with Gasteiger partial charge in [-0.05, 0) is 48.9 Å². The third kappa shape index (κ3) is 5.31. The molecule has 0 bridgehead atoms. The fourth-order valence-electron chi connectivity index (χ4n) is 3.56. The molecule has 1 N–H and O–H groups in total. The number of hydrogen-bond donors (Lipinski definition) is 1. The van der Waals surface area contributed by atoms with E-state index in [0.717, 1.165) is 42.0 Å². The number of halogens is 3. The van der Waals surface area contributed by atoms with Crippen LogP contribution in [0.3, 0.4) is 0 Å². The molecule has 4 rings (SSSR count). The van der Waals surface area contributed by atoms with E-state index in [9.17, 15) is 18.0 Å². The summed E-state index contributed by atoms with van der Waals surface area (Å²) in [5.41, 5.74) is 2.45. The molecule has 0 aliphatic heterocycles. The van der Waals surface area contributed by atoms with Crippen LogP contribution in [0.5, 0.6) is 5.75 Å². The molecule has 0 spiro atoms. The number of benzene rings is 1. The van der Waals surface area contributed by atoms with Gasteiger partial charge < -0.3 is 10.1 Å². The summed E-state index contributed by atoms with van der Waals surface area (Å²) in [6.07, 6.45) is 3.43. The highest BCUT2D eigenvalue weighted by Gasteiger charge is 2.32. The van der Waals surface area contributed by atoms with Gasteiger partial charge in [0.2, 0.25) is 6.41 Å². The van der Waals surface area contributed by atoms with Crippen molar-refractivity contribution in [3.8, 4) is 17.0 Å². The molecule has 0 saturated heterocycles. The van der Waals surface area contributed by atoms with Crippen LogP contribution >= 0.6 is 0 Å². The molecule has 0 radical (unpaired) electrons. The second kappa shape index (κ2) is 8.88. The van der Waals surface area contributed by atoms with Gasteiger partial charge in [-0.15, -0.1) is 13.2 Å². The number of carbonyl (C=O) groups excluding carboxylic acids is 1. The summed E-state index contributed by atoms with van der Waals surface area (Å²) in [4.78, 5) is 10.8. The number of nitrogens with one attached hydrogen (secondary N) is 1. The number of anilines is 1. The van der Waals surface area contributed by atoms with E-state index < -0.39 is 6.36 Å². The Bertz CT molecular complexity index is 823. The predicted octanol–water partition coefficient (Wildman–Crippen LogP) is 5.63. The van der Waals surface area contributed by atoms with E-state index in [4.69, 9.17) is 0 Å². The highest BCUT2D eigenvalue weighted by Crippen LogP contribution is 2.44. The smallest absolute Gasteiger partial charge is 0.406 e. The second-order valence-electron chi connectivity index (χ2n) is 7.73. The third-order valence-electron chi connectivity index (χ3n) is 5.55. The molecule has 8 heteroatoms. The number of carbonyl (C=O) groups is 1. The number of nitrogens with zero attached hydrogens (tertiary/aromatic N) is 2. The Morgan fingerprint density at radius 3 is 2.14 bits per heavy atom. The van der Waals surface area contributed by atoms with E-state index in [0.29, 0.717) is 18.1 Å². The summed E-state index contributed by atoms with van der Waals surface area (Å²) in [5, 5.41) is 6.94. The number of aryl methyl sites for hydroxylation is 1. The first-order valence-corrected chi connectivity index (χ1v) is 9.91. The quantitative estimate of drug-likeness (QED) is 0.652. The maximum Gasteiger partial charge on any atom is 0.573 e. The predicted molar refractivity (Wildman–Crippen MR) is 105 cm³/mol. The molecule has 1 aromatic carbocycles. The average Bonchev–Trinajstić information content (AvgIpc) is 2.88. The van der Waals surface area contributed by atoms with Crippen LogP contribution in [0.4, 0.5) is 19.0 Å². The normalized spacial score (nSPS) is 16.9. The van der Waals surface area contributed by atoms with Crippen LogP contribution in [-0.2, 0) is 11.8 Å². The molecule has 1 aromatic heterocycles. The molecular formula is C21H26F3N3O2. The molecule has 2 aliphatic rings. The van der Waals surface area contributed by atoms with Crippen LogP contribution in [0.2, 0.25) is 0 Å². The number of alkyl halides is 3. The lowest BCUT2D eigenvalue weighted by Crippen LogP contribution is -2.17. The molecule has 2 fully saturated rings. The van der Waals surface area contributed by atoms with Crippen molar-refractivity contribution in [1.82, 2.24) is 9.78 Å². The van der Waals surface area contributed by atoms with E-state index >= 15 is 0 Å². The van der Waals surface area contributed by atoms with Crippen molar-refractivity contribution >= 4 is 12.2 Å². The fourth-order valence-corrected chi connectivity index (χ4v) is 3.56. The van der Waals surface area contributed by atoms with Gasteiger partial charge in [0.05, 0.1) is 5.69 Å². The van der Waals surface area contributed by atoms with Crippen molar-refractivity contribution in [3.05, 3.63) is 29.8 Å². The van der Waals surface area contributed by atoms with E-state index in [-0.39, 0.29) is 5.75 Å². The Balaban J connectivity index is 0.000000419. The minimum absolute atomic E-state index is 0.273. The highest BCUT2D eigenvalue weighted by atomic mass is 19.4. The van der Waals surface area contributed by atoms with E-state index in [1.165, 1.54) is 31.4 Å². The standard InChI is InChI=1S/C16H16F3N3O2.C5H10/c1-22-14(11-5-7-12(8-6-11)24-16(17,18)19)13(10-3-2-4-10)15(21-22)20-9-23;1-5-3-2-4-5/h5-10H,2-4H2,1H3,(H,20,21,23);5H,2-4H2,1H3. The number of ether oxygens (including phenoxy) is 1. The lowest BCUT2D eigenvalue weighted by molar-refractivity contribution is -0.274. The summed E-state index contributed by atoms with van der Waals surface area (Å²) in [5.74, 6) is 1.59. The van der Waals surface area contributed by atoms with Gasteiger partial charge in [-0.2, -0.15) is 5.10 Å². The largest absolute Gasteiger partial charge is 0.573 e. The van der Waals surface area contributed by atoms with Crippen molar-refractivity contribution in [1.29, 1.82) is 0 Å². The monoisotopic (exact) mass is 409 g/mol. The van der Waals surface area contributed by atoms with Crippen LogP contribution in [0.1, 0.15) is 56.9 Å². The number of amides is 1. The molecule has 1 amide bonds. The van der Waals surface area contributed by atoms with Gasteiger partial charge in [-0.3, -0.25) is 9.48 Å². The van der Waals surface area contributed by atoms with Crippen LogP contribution in [0.25, 0.3) is 11.3 Å². The Kier molecular flexibility index (Phi) is 6.49. The summed E-state index contributed by atoms with van der Waals surface area (Å²) in [7, 11) is 1.74. The fraction of sp³-hybridized carbons (Fsp3) is 0.524. The maximum atomic E-state index is 12.3. The van der Waals surface area contributed by atoms with Crippen LogP contribution in [0, 0.1) is 5.92 Å². The van der Waals surface area contributed by atoms with Crippen molar-refractivity contribution in [3.63, 3.8) is 0 Å². The number of aromatic nitrogens is 2. The second-order valence-corrected chi connectivity index (χ2v) is 7.73. The molecule has 5 nitrogen and oxygen atoms in total. The van der Waals surface area contributed by atoms with Gasteiger partial charge >= 0.3 is 6.36 Å². The Morgan fingerprint density at radius 2 is 1.72 bits per heavy atom. The zero-order valence-electron chi connectivity index (χ0n) is 16.6. The summed E-state index contributed by atoms with van der Waals surface area (Å²) in [6, 6.07) is 5.66. The van der Waals surface area contributed by atoms with Crippen molar-refractivity contribution in [2.45, 2.75) is 57.7 Å². The molecule has 29 heavy (non-hydrogen) atoms. The zero-order valence-corrected chi connectivity index (χ0v) is 16.6. The molecule has 1 heterocycles. The van der Waals surface area contributed by atoms with Gasteiger partial charge in [0.25, 0.3) is 0 Å². The highest BCUT2D eigenvalue weighted by molar-refractivity contribution is 5.78. The lowest BCUT2D eigenvalue weighted by atomic mass is 9.79. The first kappa shape index (κ1) is 21.2. The number of hydrogen-bond acceptors (Lipinski definition) is 3. The van der Waals surface area contributed by atoms with Gasteiger partial charge in [0, 0.05) is 18.2 Å². The minimum atomic E-state index is -4.72. The molecular weight excluding hydrogens is 383 g/mol. The first-order chi connectivity index (χ1) is 13.8. The zero-order chi connectivity index (χ0) is 21.0. The maximum absolute atomic E-state index is 12.3. The van der Waals surface area contributed by atoms with E-state index in [2.05, 4.69) is 22.1 Å². The SMILES string of the molecule is CC1CCC1.Cn1nc(NC=O)c(C2CCC2)c1-c1ccc(OC(F)(F)F)cc1. The van der Waals surface area contributed by atoms with Crippen LogP contribution < -0.4 is 10.1 Å². The number of rotatable bonds is 5. The summed E-state index contributed by atoms with van der Waals surface area (Å²) in [6.45, 7) is 2.31. The molecule has 2 saturated carbocycles. The van der Waals surface area contributed by atoms with E-state index in [1.807, 2.05) is 0 Å². The lowest BCUT2D eigenvalue weighted by Gasteiger charge is -2.26. The van der Waals surface area contributed by atoms with Crippen LogP contribution in [-0.4, -0.2) is 22.6 Å². The molecule has 2 aliphatic carbocycles. The van der Waals surface area contributed by atoms with E-state index in [1.54, 1.807) is 23.9 Å². The Labute approximate surface area is 168 Å². The molecule has 2 aromatic rings. The van der Waals surface area contributed by atoms with Gasteiger partial charge in [0.1, 0.15) is 5.75 Å². The first-order valence-electron chi connectivity index (χ1n) is 9.91. The summed E-state index contributed by atoms with van der Waals surface area (Å²) < 4.78 is 42.3. The Hall–Kier alpha value is -2.51. The molecule has 0 unspecified atom stereocenters. The van der Waals surface area contributed by atoms with Gasteiger partial charge in [-0.1, -0.05) is 32.6 Å². The van der Waals surface area contributed by atoms with Gasteiger partial charge in [0.15, 0.2) is 5.82 Å². The minimum Gasteiger partial charge on any atom is -0.406 e. The Morgan fingerprint density at radius 1 is 1.14 bits per heavy atom. The van der Waals surface area contributed by atoms with Crippen molar-refractivity contribution in [2.75, 3.05) is 5.32 Å². The molecule has 158 valence electrons. The topological polar surface area (TPSA) is 56.2 Å². The van der Waals surface area contributed by atoms with Crippen molar-refractivity contribution in [2.24, 2.45) is 13.0 Å². The van der Waals surface area contributed by atoms with Gasteiger partial charge in [-0.25, -0.2) is 0 Å². The van der Waals surface area contributed by atoms with Crippen LogP contribution in [0.15, 0.2) is 24.3 Å². The third-order valence-corrected chi connectivity index (χ3v) is 5.55. The molecule has 0 atom stereocenters. The van der Waals surface area contributed by atoms with Crippen molar-refractivity contribution < 1.29 is 22.7 Å².